The van der Waals surface area contributed by atoms with Crippen LogP contribution in [0.15, 0.2) is 35.5 Å². The van der Waals surface area contributed by atoms with Gasteiger partial charge in [-0.25, -0.2) is 14.4 Å². The van der Waals surface area contributed by atoms with Gasteiger partial charge in [0.1, 0.15) is 5.82 Å². The lowest BCUT2D eigenvalue weighted by Crippen LogP contribution is -2.51. The van der Waals surface area contributed by atoms with Crippen molar-refractivity contribution in [3.63, 3.8) is 0 Å². The minimum absolute atomic E-state index is 0. The number of nitrogens with zero attached hydrogens (tertiary/aromatic N) is 6. The molecule has 1 aromatic heterocycles. The first-order chi connectivity index (χ1) is 12.5. The molecule has 0 radical (unpaired) electrons. The molecule has 27 heavy (non-hydrogen) atoms. The third-order valence-corrected chi connectivity index (χ3v) is 4.66. The van der Waals surface area contributed by atoms with Crippen LogP contribution in [0, 0.1) is 5.82 Å². The van der Waals surface area contributed by atoms with Crippen molar-refractivity contribution in [2.45, 2.75) is 6.54 Å². The van der Waals surface area contributed by atoms with Gasteiger partial charge in [-0.05, 0) is 24.3 Å². The Hall–Kier alpha value is -2.04. The largest absolute Gasteiger partial charge is 0.370 e. The highest BCUT2D eigenvalue weighted by Crippen LogP contribution is 2.17. The first kappa shape index (κ1) is 21.3. The maximum Gasteiger partial charge on any atom is 0.204 e. The normalized spacial score (nSPS) is 14.9. The Kier molecular flexibility index (Phi) is 7.28. The van der Waals surface area contributed by atoms with Crippen molar-refractivity contribution in [2.24, 2.45) is 17.8 Å². The molecule has 1 aromatic carbocycles. The summed E-state index contributed by atoms with van der Waals surface area (Å²) in [6.45, 7) is 3.75. The molecule has 148 valence electrons. The molecule has 0 amide bonds. The lowest BCUT2D eigenvalue weighted by molar-refractivity contribution is 0.380. The average molecular weight is 487 g/mol. The summed E-state index contributed by atoms with van der Waals surface area (Å²) in [5.74, 6) is 1.23. The van der Waals surface area contributed by atoms with Crippen molar-refractivity contribution >= 4 is 41.6 Å². The highest BCUT2D eigenvalue weighted by Gasteiger charge is 2.18. The number of imidazole rings is 1. The first-order valence-corrected chi connectivity index (χ1v) is 8.69. The van der Waals surface area contributed by atoms with Gasteiger partial charge in [-0.1, -0.05) is 0 Å². The van der Waals surface area contributed by atoms with Crippen LogP contribution < -0.4 is 15.5 Å². The van der Waals surface area contributed by atoms with E-state index in [0.29, 0.717) is 12.5 Å². The van der Waals surface area contributed by atoms with Crippen LogP contribution in [-0.2, 0) is 13.6 Å². The van der Waals surface area contributed by atoms with Crippen molar-refractivity contribution in [3.8, 4) is 0 Å². The second kappa shape index (κ2) is 9.25. The molecule has 3 rings (SSSR count). The summed E-state index contributed by atoms with van der Waals surface area (Å²) in [5.41, 5.74) is 8.23. The number of halogens is 2. The molecular weight excluding hydrogens is 460 g/mol. The summed E-state index contributed by atoms with van der Waals surface area (Å²) in [6.07, 6.45) is 1.83. The van der Waals surface area contributed by atoms with Crippen LogP contribution in [0.4, 0.5) is 16.0 Å². The summed E-state index contributed by atoms with van der Waals surface area (Å²) in [4.78, 5) is 15.2. The van der Waals surface area contributed by atoms with E-state index in [-0.39, 0.29) is 29.8 Å². The zero-order valence-corrected chi connectivity index (χ0v) is 18.3. The molecule has 0 atom stereocenters. The van der Waals surface area contributed by atoms with Crippen LogP contribution in [0.2, 0.25) is 0 Å². The van der Waals surface area contributed by atoms with Gasteiger partial charge in [0.25, 0.3) is 0 Å². The number of anilines is 2. The van der Waals surface area contributed by atoms with E-state index in [9.17, 15) is 4.39 Å². The summed E-state index contributed by atoms with van der Waals surface area (Å²) < 4.78 is 15.1. The van der Waals surface area contributed by atoms with Crippen molar-refractivity contribution < 1.29 is 4.39 Å². The van der Waals surface area contributed by atoms with Gasteiger partial charge in [-0.3, -0.25) is 0 Å². The molecule has 1 aliphatic heterocycles. The molecule has 1 fully saturated rings. The minimum Gasteiger partial charge on any atom is -0.370 e. The molecule has 2 aromatic rings. The minimum atomic E-state index is -0.212. The lowest BCUT2D eigenvalue weighted by atomic mass is 10.2. The van der Waals surface area contributed by atoms with E-state index < -0.39 is 0 Å². The van der Waals surface area contributed by atoms with Crippen LogP contribution in [0.25, 0.3) is 0 Å². The van der Waals surface area contributed by atoms with Gasteiger partial charge in [0, 0.05) is 53.0 Å². The van der Waals surface area contributed by atoms with Gasteiger partial charge in [-0.15, -0.1) is 24.0 Å². The number of piperazine rings is 1. The summed E-state index contributed by atoms with van der Waals surface area (Å²) in [7, 11) is 5.90. The maximum absolute atomic E-state index is 13.1. The number of aromatic nitrogens is 2. The Morgan fingerprint density at radius 2 is 1.81 bits per heavy atom. The number of nitrogens with two attached hydrogens (primary N) is 1. The third kappa shape index (κ3) is 5.02. The number of rotatable bonds is 4. The number of hydrogen-bond donors (Lipinski definition) is 1. The molecule has 9 heteroatoms. The zero-order chi connectivity index (χ0) is 18.7. The second-order valence-electron chi connectivity index (χ2n) is 6.63. The Balaban J connectivity index is 0.00000261. The standard InChI is InChI=1S/C18H26FN7.HI/c1-23(2)18-22-13-16(24(18)3)12-21-17(20)26-10-8-25(9-11-26)15-6-4-14(19)5-7-15;/h4-7,13H,8-12H2,1-3H3,(H2,20,21);1H. The molecular formula is C18H27FIN7. The summed E-state index contributed by atoms with van der Waals surface area (Å²) >= 11 is 0. The van der Waals surface area contributed by atoms with E-state index in [0.717, 1.165) is 43.5 Å². The fourth-order valence-electron chi connectivity index (χ4n) is 3.10. The molecule has 0 bridgehead atoms. The molecule has 2 N–H and O–H groups in total. The van der Waals surface area contributed by atoms with Crippen molar-refractivity contribution in [1.29, 1.82) is 0 Å². The molecule has 2 heterocycles. The molecule has 0 unspecified atom stereocenters. The van der Waals surface area contributed by atoms with Gasteiger partial charge in [0.05, 0.1) is 18.4 Å². The molecule has 1 aliphatic rings. The first-order valence-electron chi connectivity index (χ1n) is 8.69. The Morgan fingerprint density at radius 3 is 2.37 bits per heavy atom. The molecule has 0 saturated carbocycles. The number of hydrogen-bond acceptors (Lipinski definition) is 4. The van der Waals surface area contributed by atoms with Gasteiger partial charge >= 0.3 is 0 Å². The van der Waals surface area contributed by atoms with Crippen LogP contribution in [0.5, 0.6) is 0 Å². The molecule has 7 nitrogen and oxygen atoms in total. The fourth-order valence-corrected chi connectivity index (χ4v) is 3.10. The van der Waals surface area contributed by atoms with Crippen molar-refractivity contribution in [1.82, 2.24) is 14.5 Å². The maximum atomic E-state index is 13.1. The van der Waals surface area contributed by atoms with Crippen LogP contribution in [-0.4, -0.2) is 60.7 Å². The van der Waals surface area contributed by atoms with E-state index in [1.54, 1.807) is 0 Å². The quantitative estimate of drug-likeness (QED) is 0.406. The average Bonchev–Trinajstić information content (AvgIpc) is 3.01. The van der Waals surface area contributed by atoms with Gasteiger partial charge < -0.3 is 25.0 Å². The van der Waals surface area contributed by atoms with Gasteiger partial charge in [-0.2, -0.15) is 0 Å². The van der Waals surface area contributed by atoms with Crippen LogP contribution in [0.3, 0.4) is 0 Å². The highest BCUT2D eigenvalue weighted by atomic mass is 127. The molecule has 0 aliphatic carbocycles. The Morgan fingerprint density at radius 1 is 1.19 bits per heavy atom. The van der Waals surface area contributed by atoms with E-state index in [2.05, 4.69) is 19.8 Å². The summed E-state index contributed by atoms with van der Waals surface area (Å²) in [6, 6.07) is 6.61. The number of guanidine groups is 1. The lowest BCUT2D eigenvalue weighted by Gasteiger charge is -2.36. The predicted octanol–water partition coefficient (Wildman–Crippen LogP) is 1.88. The fraction of sp³-hybridized carbons (Fsp3) is 0.444. The number of aliphatic imine (C=N–C) groups is 1. The smallest absolute Gasteiger partial charge is 0.204 e. The van der Waals surface area contributed by atoms with E-state index in [4.69, 9.17) is 5.73 Å². The molecule has 0 spiro atoms. The van der Waals surface area contributed by atoms with Crippen molar-refractivity contribution in [3.05, 3.63) is 42.0 Å². The molecule has 1 saturated heterocycles. The van der Waals surface area contributed by atoms with Crippen LogP contribution >= 0.6 is 24.0 Å². The predicted molar refractivity (Wildman–Crippen MR) is 118 cm³/mol. The highest BCUT2D eigenvalue weighted by molar-refractivity contribution is 14.0. The van der Waals surface area contributed by atoms with Gasteiger partial charge in [0.15, 0.2) is 5.96 Å². The van der Waals surface area contributed by atoms with E-state index >= 15 is 0 Å². The number of benzene rings is 1. The Labute approximate surface area is 176 Å². The van der Waals surface area contributed by atoms with Crippen molar-refractivity contribution in [2.75, 3.05) is 50.1 Å². The topological polar surface area (TPSA) is 65.9 Å². The zero-order valence-electron chi connectivity index (χ0n) is 16.0. The van der Waals surface area contributed by atoms with E-state index in [1.165, 1.54) is 12.1 Å². The SMILES string of the molecule is CN(C)c1ncc(CN=C(N)N2CCN(c3ccc(F)cc3)CC2)n1C.I. The second-order valence-corrected chi connectivity index (χ2v) is 6.63. The summed E-state index contributed by atoms with van der Waals surface area (Å²) in [5, 5.41) is 0. The monoisotopic (exact) mass is 487 g/mol. The Bertz CT molecular complexity index is 765. The van der Waals surface area contributed by atoms with E-state index in [1.807, 2.05) is 48.9 Å². The van der Waals surface area contributed by atoms with Crippen LogP contribution in [0.1, 0.15) is 5.69 Å². The van der Waals surface area contributed by atoms with Gasteiger partial charge in [0.2, 0.25) is 5.95 Å². The third-order valence-electron chi connectivity index (χ3n) is 4.66.